The lowest BCUT2D eigenvalue weighted by Gasteiger charge is -1.97. The first kappa shape index (κ1) is 6.43. The summed E-state index contributed by atoms with van der Waals surface area (Å²) in [6, 6.07) is 0. The summed E-state index contributed by atoms with van der Waals surface area (Å²) in [4.78, 5) is 3.72. The van der Waals surface area contributed by atoms with E-state index in [2.05, 4.69) is 4.99 Å². The summed E-state index contributed by atoms with van der Waals surface area (Å²) in [6.07, 6.45) is 1.36. The molecule has 0 aliphatic rings. The Labute approximate surface area is 43.2 Å². The van der Waals surface area contributed by atoms with Gasteiger partial charge in [0.25, 0.3) is 0 Å². The summed E-state index contributed by atoms with van der Waals surface area (Å²) < 4.78 is 0. The van der Waals surface area contributed by atoms with E-state index in [0.29, 0.717) is 6.54 Å². The van der Waals surface area contributed by atoms with Crippen molar-refractivity contribution in [2.45, 2.75) is 6.92 Å². The highest BCUT2D eigenvalue weighted by Gasteiger charge is 1.72. The van der Waals surface area contributed by atoms with Gasteiger partial charge < -0.3 is 0 Å². The second-order valence-corrected chi connectivity index (χ2v) is 1.19. The molecule has 0 aromatic rings. The molecule has 42 valence electrons. The van der Waals surface area contributed by atoms with E-state index in [0.717, 1.165) is 5.06 Å². The van der Waals surface area contributed by atoms with Gasteiger partial charge >= 0.3 is 0 Å². The Morgan fingerprint density at radius 1 is 1.86 bits per heavy atom. The maximum Gasteiger partial charge on any atom is 0.109 e. The third-order valence-corrected chi connectivity index (χ3v) is 0.431. The molecular weight excluding hydrogens is 92.1 g/mol. The smallest absolute Gasteiger partial charge is 0.109 e. The minimum atomic E-state index is 0.713. The lowest BCUT2D eigenvalue weighted by molar-refractivity contribution is 0.0198. The van der Waals surface area contributed by atoms with Crippen molar-refractivity contribution in [3.63, 3.8) is 0 Å². The Hall–Kier alpha value is -0.570. The highest BCUT2D eigenvalue weighted by Crippen LogP contribution is 1.65. The zero-order chi connectivity index (χ0) is 5.70. The van der Waals surface area contributed by atoms with Crippen molar-refractivity contribution < 1.29 is 5.21 Å². The number of hydrogen-bond acceptors (Lipinski definition) is 2. The normalized spacial score (nSPS) is 10.1. The van der Waals surface area contributed by atoms with Gasteiger partial charge in [-0.2, -0.15) is 0 Å². The van der Waals surface area contributed by atoms with Crippen LogP contribution >= 0.6 is 0 Å². The topological polar surface area (TPSA) is 35.8 Å². The van der Waals surface area contributed by atoms with Crippen molar-refractivity contribution in [1.29, 1.82) is 0 Å². The lowest BCUT2D eigenvalue weighted by atomic mass is 10.8. The van der Waals surface area contributed by atoms with Crippen LogP contribution in [0.5, 0.6) is 0 Å². The van der Waals surface area contributed by atoms with Gasteiger partial charge in [0.2, 0.25) is 0 Å². The van der Waals surface area contributed by atoms with Crippen LogP contribution in [0.1, 0.15) is 6.92 Å². The molecule has 7 heavy (non-hydrogen) atoms. The maximum absolute atomic E-state index is 8.37. The minimum absolute atomic E-state index is 0.713. The minimum Gasteiger partial charge on any atom is -0.288 e. The Balaban J connectivity index is 3.08. The third-order valence-electron chi connectivity index (χ3n) is 0.431. The Morgan fingerprint density at radius 3 is 2.57 bits per heavy atom. The number of hydrogen-bond donors (Lipinski definition) is 1. The first-order valence-corrected chi connectivity index (χ1v) is 2.19. The molecule has 0 fully saturated rings. The van der Waals surface area contributed by atoms with Gasteiger partial charge in [0, 0.05) is 13.6 Å². The molecule has 0 aliphatic carbocycles. The van der Waals surface area contributed by atoms with Gasteiger partial charge in [-0.15, -0.1) is 0 Å². The maximum atomic E-state index is 8.37. The number of nitrogens with zero attached hydrogens (tertiary/aromatic N) is 2. The van der Waals surface area contributed by atoms with Crippen LogP contribution in [-0.2, 0) is 0 Å². The zero-order valence-corrected chi connectivity index (χ0v) is 4.63. The molecule has 0 radical (unpaired) electrons. The standard InChI is InChI=1S/C4H10N2O/c1-3-5-4-6(2)7/h4,7H,3H2,1-2H3. The molecule has 0 aliphatic heterocycles. The van der Waals surface area contributed by atoms with Gasteiger partial charge in [0.15, 0.2) is 0 Å². The van der Waals surface area contributed by atoms with Crippen molar-refractivity contribution in [2.75, 3.05) is 13.6 Å². The van der Waals surface area contributed by atoms with Crippen LogP contribution in [0.3, 0.4) is 0 Å². The quantitative estimate of drug-likeness (QED) is 0.310. The molecule has 0 saturated heterocycles. The Bertz CT molecular complexity index is 60.7. The van der Waals surface area contributed by atoms with E-state index in [1.807, 2.05) is 6.92 Å². The molecule has 0 spiro atoms. The average Bonchev–Trinajstić information content (AvgIpc) is 1.61. The number of aliphatic imine (C=N–C) groups is 1. The van der Waals surface area contributed by atoms with Crippen LogP contribution in [0.2, 0.25) is 0 Å². The summed E-state index contributed by atoms with van der Waals surface area (Å²) in [5.41, 5.74) is 0. The lowest BCUT2D eigenvalue weighted by Crippen LogP contribution is -2.08. The molecule has 0 unspecified atom stereocenters. The van der Waals surface area contributed by atoms with E-state index in [1.165, 1.54) is 13.4 Å². The molecule has 0 amide bonds. The molecule has 0 rings (SSSR count). The molecule has 0 saturated carbocycles. The second kappa shape index (κ2) is 3.61. The highest BCUT2D eigenvalue weighted by molar-refractivity contribution is 5.52. The SMILES string of the molecule is CCN=CN(C)O. The van der Waals surface area contributed by atoms with Crippen LogP contribution in [0, 0.1) is 0 Å². The summed E-state index contributed by atoms with van der Waals surface area (Å²) >= 11 is 0. The molecule has 1 N–H and O–H groups in total. The van der Waals surface area contributed by atoms with Gasteiger partial charge in [0.1, 0.15) is 6.34 Å². The van der Waals surface area contributed by atoms with Crippen molar-refractivity contribution in [1.82, 2.24) is 5.06 Å². The van der Waals surface area contributed by atoms with Crippen molar-refractivity contribution >= 4 is 6.34 Å². The summed E-state index contributed by atoms with van der Waals surface area (Å²) in [7, 11) is 1.51. The first-order chi connectivity index (χ1) is 3.27. The van der Waals surface area contributed by atoms with Gasteiger partial charge in [0.05, 0.1) is 0 Å². The molecular formula is C4H10N2O. The summed E-state index contributed by atoms with van der Waals surface area (Å²) in [5, 5.41) is 9.29. The van der Waals surface area contributed by atoms with Crippen LogP contribution in [-0.4, -0.2) is 30.2 Å². The average molecular weight is 102 g/mol. The summed E-state index contributed by atoms with van der Waals surface area (Å²) in [5.74, 6) is 0. The van der Waals surface area contributed by atoms with Gasteiger partial charge in [-0.1, -0.05) is 0 Å². The van der Waals surface area contributed by atoms with Crippen LogP contribution in [0.4, 0.5) is 0 Å². The fraction of sp³-hybridized carbons (Fsp3) is 0.750. The van der Waals surface area contributed by atoms with E-state index in [4.69, 9.17) is 5.21 Å². The van der Waals surface area contributed by atoms with E-state index in [1.54, 1.807) is 0 Å². The van der Waals surface area contributed by atoms with Crippen LogP contribution < -0.4 is 0 Å². The monoisotopic (exact) mass is 102 g/mol. The fourth-order valence-electron chi connectivity index (χ4n) is 0.200. The fourth-order valence-corrected chi connectivity index (χ4v) is 0.200. The van der Waals surface area contributed by atoms with Crippen molar-refractivity contribution in [2.24, 2.45) is 4.99 Å². The van der Waals surface area contributed by atoms with E-state index >= 15 is 0 Å². The van der Waals surface area contributed by atoms with Crippen molar-refractivity contribution in [3.8, 4) is 0 Å². The summed E-state index contributed by atoms with van der Waals surface area (Å²) in [6.45, 7) is 2.62. The zero-order valence-electron chi connectivity index (χ0n) is 4.63. The highest BCUT2D eigenvalue weighted by atomic mass is 16.5. The van der Waals surface area contributed by atoms with E-state index < -0.39 is 0 Å². The van der Waals surface area contributed by atoms with E-state index in [-0.39, 0.29) is 0 Å². The predicted molar refractivity (Wildman–Crippen MR) is 28.6 cm³/mol. The molecule has 0 bridgehead atoms. The van der Waals surface area contributed by atoms with Crippen LogP contribution in [0.25, 0.3) is 0 Å². The van der Waals surface area contributed by atoms with Gasteiger partial charge in [-0.05, 0) is 6.92 Å². The molecule has 0 aromatic heterocycles. The van der Waals surface area contributed by atoms with Gasteiger partial charge in [-0.25, -0.2) is 5.06 Å². The molecule has 0 aromatic carbocycles. The van der Waals surface area contributed by atoms with Gasteiger partial charge in [-0.3, -0.25) is 10.2 Å². The third kappa shape index (κ3) is 5.43. The van der Waals surface area contributed by atoms with Crippen molar-refractivity contribution in [3.05, 3.63) is 0 Å². The Kier molecular flexibility index (Phi) is 3.32. The molecule has 0 heterocycles. The number of rotatable bonds is 2. The predicted octanol–water partition coefficient (Wildman–Crippen LogP) is 0.356. The number of hydroxylamine groups is 2. The molecule has 3 heteroatoms. The molecule has 3 nitrogen and oxygen atoms in total. The second-order valence-electron chi connectivity index (χ2n) is 1.19. The Morgan fingerprint density at radius 2 is 2.43 bits per heavy atom. The van der Waals surface area contributed by atoms with Crippen LogP contribution in [0.15, 0.2) is 4.99 Å². The largest absolute Gasteiger partial charge is 0.288 e. The molecule has 0 atom stereocenters. The first-order valence-electron chi connectivity index (χ1n) is 2.19. The van der Waals surface area contributed by atoms with E-state index in [9.17, 15) is 0 Å².